The normalized spacial score (nSPS) is 23.0. The van der Waals surface area contributed by atoms with Crippen molar-refractivity contribution in [3.8, 4) is 5.75 Å². The number of ether oxygens (including phenoxy) is 2. The minimum Gasteiger partial charge on any atom is -0.493 e. The zero-order valence-corrected chi connectivity index (χ0v) is 17.5. The molecule has 1 saturated carbocycles. The maximum absolute atomic E-state index is 13.2. The Hall–Kier alpha value is -1.90. The second-order valence-corrected chi connectivity index (χ2v) is 10.5. The molecule has 0 bridgehead atoms. The number of carbonyl (C=O) groups is 1. The first-order valence-electron chi connectivity index (χ1n) is 10.2. The van der Waals surface area contributed by atoms with Crippen LogP contribution in [0.5, 0.6) is 5.75 Å². The van der Waals surface area contributed by atoms with Crippen LogP contribution in [0.1, 0.15) is 24.8 Å². The molecule has 1 amide bonds. The molecule has 0 radical (unpaired) electrons. The van der Waals surface area contributed by atoms with Gasteiger partial charge in [0.15, 0.2) is 0 Å². The summed E-state index contributed by atoms with van der Waals surface area (Å²) in [4.78, 5) is 15.1. The van der Waals surface area contributed by atoms with Gasteiger partial charge in [0.05, 0.1) is 23.5 Å². The number of fused-ring (bicyclic) bond motifs is 1. The number of amides is 1. The van der Waals surface area contributed by atoms with Gasteiger partial charge in [-0.05, 0) is 60.6 Å². The van der Waals surface area contributed by atoms with E-state index in [1.165, 1.54) is 4.31 Å². The van der Waals surface area contributed by atoms with E-state index in [9.17, 15) is 13.2 Å². The maximum Gasteiger partial charge on any atom is 0.243 e. The Kier molecular flexibility index (Phi) is 4.49. The van der Waals surface area contributed by atoms with Crippen LogP contribution < -0.4 is 4.74 Å². The van der Waals surface area contributed by atoms with Crippen LogP contribution in [-0.4, -0.2) is 70.0 Å². The molecule has 0 aromatic heterocycles. The molecule has 5 rings (SSSR count). The van der Waals surface area contributed by atoms with Crippen molar-refractivity contribution in [3.63, 3.8) is 0 Å². The summed E-state index contributed by atoms with van der Waals surface area (Å²) in [6.07, 6.45) is 3.50. The summed E-state index contributed by atoms with van der Waals surface area (Å²) >= 11 is 0. The van der Waals surface area contributed by atoms with Crippen molar-refractivity contribution in [2.45, 2.75) is 30.6 Å². The van der Waals surface area contributed by atoms with Crippen LogP contribution in [-0.2, 0) is 26.0 Å². The molecule has 1 aromatic rings. The van der Waals surface area contributed by atoms with Crippen molar-refractivity contribution < 1.29 is 22.7 Å². The third kappa shape index (κ3) is 3.17. The smallest absolute Gasteiger partial charge is 0.243 e. The number of nitrogens with zero attached hydrogens (tertiary/aromatic N) is 2. The Labute approximate surface area is 171 Å². The van der Waals surface area contributed by atoms with Gasteiger partial charge in [-0.25, -0.2) is 8.42 Å². The lowest BCUT2D eigenvalue weighted by Gasteiger charge is -2.26. The molecule has 29 heavy (non-hydrogen) atoms. The second-order valence-electron chi connectivity index (χ2n) is 8.58. The van der Waals surface area contributed by atoms with E-state index in [1.807, 2.05) is 4.90 Å². The van der Waals surface area contributed by atoms with Crippen LogP contribution in [0.4, 0.5) is 0 Å². The van der Waals surface area contributed by atoms with Crippen molar-refractivity contribution in [3.05, 3.63) is 34.9 Å². The fraction of sp³-hybridized carbons (Fsp3) is 0.571. The molecule has 7 nitrogen and oxygen atoms in total. The van der Waals surface area contributed by atoms with Gasteiger partial charge in [-0.15, -0.1) is 0 Å². The topological polar surface area (TPSA) is 76.2 Å². The maximum atomic E-state index is 13.2. The number of hydrogen-bond acceptors (Lipinski definition) is 5. The Balaban J connectivity index is 1.27. The third-order valence-corrected chi connectivity index (χ3v) is 8.32. The van der Waals surface area contributed by atoms with Gasteiger partial charge in [-0.2, -0.15) is 4.31 Å². The lowest BCUT2D eigenvalue weighted by atomic mass is 10.1. The van der Waals surface area contributed by atoms with Gasteiger partial charge < -0.3 is 14.4 Å². The molecule has 3 aliphatic heterocycles. The molecule has 156 valence electrons. The van der Waals surface area contributed by atoms with Crippen LogP contribution in [0.3, 0.4) is 0 Å². The summed E-state index contributed by atoms with van der Waals surface area (Å²) in [7, 11) is -1.93. The van der Waals surface area contributed by atoms with Gasteiger partial charge >= 0.3 is 0 Å². The summed E-state index contributed by atoms with van der Waals surface area (Å²) in [5.41, 5.74) is 2.75. The summed E-state index contributed by atoms with van der Waals surface area (Å²) < 4.78 is 38.7. The van der Waals surface area contributed by atoms with E-state index >= 15 is 0 Å². The van der Waals surface area contributed by atoms with E-state index in [0.29, 0.717) is 44.3 Å². The van der Waals surface area contributed by atoms with E-state index in [0.717, 1.165) is 48.1 Å². The highest BCUT2D eigenvalue weighted by Crippen LogP contribution is 2.48. The molecule has 1 fully saturated rings. The summed E-state index contributed by atoms with van der Waals surface area (Å²) in [5, 5.41) is 0. The first-order valence-corrected chi connectivity index (χ1v) is 11.6. The van der Waals surface area contributed by atoms with Crippen molar-refractivity contribution in [1.29, 1.82) is 0 Å². The molecule has 0 saturated heterocycles. The molecular formula is C21H26N2O5S. The lowest BCUT2D eigenvalue weighted by Crippen LogP contribution is -2.41. The van der Waals surface area contributed by atoms with E-state index < -0.39 is 10.0 Å². The Morgan fingerprint density at radius 1 is 1.17 bits per heavy atom. The highest BCUT2D eigenvalue weighted by molar-refractivity contribution is 7.89. The van der Waals surface area contributed by atoms with E-state index in [4.69, 9.17) is 9.47 Å². The quantitative estimate of drug-likeness (QED) is 0.679. The van der Waals surface area contributed by atoms with E-state index in [2.05, 4.69) is 0 Å². The fourth-order valence-electron chi connectivity index (χ4n) is 4.69. The SMILES string of the molecule is COCC1(C(=O)N2CC3=C(C2)CN(S(=O)(=O)c2ccc4c(c2)CCCO4)C3)CC1. The predicted octanol–water partition coefficient (Wildman–Crippen LogP) is 1.58. The van der Waals surface area contributed by atoms with Crippen molar-refractivity contribution >= 4 is 15.9 Å². The number of rotatable bonds is 5. The zero-order valence-electron chi connectivity index (χ0n) is 16.6. The Morgan fingerprint density at radius 3 is 2.55 bits per heavy atom. The van der Waals surface area contributed by atoms with Gasteiger partial charge in [-0.1, -0.05) is 0 Å². The lowest BCUT2D eigenvalue weighted by molar-refractivity contribution is -0.137. The Bertz CT molecular complexity index is 978. The molecular weight excluding hydrogens is 392 g/mol. The Morgan fingerprint density at radius 2 is 1.90 bits per heavy atom. The number of aryl methyl sites for hydroxylation is 1. The molecule has 3 heterocycles. The van der Waals surface area contributed by atoms with Crippen LogP contribution in [0.2, 0.25) is 0 Å². The average molecular weight is 419 g/mol. The molecule has 4 aliphatic rings. The number of benzene rings is 1. The van der Waals surface area contributed by atoms with Crippen molar-refractivity contribution in [1.82, 2.24) is 9.21 Å². The number of hydrogen-bond donors (Lipinski definition) is 0. The minimum absolute atomic E-state index is 0.151. The van der Waals surface area contributed by atoms with Crippen LogP contribution in [0.25, 0.3) is 0 Å². The summed E-state index contributed by atoms with van der Waals surface area (Å²) in [6, 6.07) is 5.16. The molecule has 0 spiro atoms. The monoisotopic (exact) mass is 418 g/mol. The van der Waals surface area contributed by atoms with Crippen molar-refractivity contribution in [2.75, 3.05) is 46.5 Å². The van der Waals surface area contributed by atoms with Crippen molar-refractivity contribution in [2.24, 2.45) is 5.41 Å². The third-order valence-electron chi connectivity index (χ3n) is 6.53. The van der Waals surface area contributed by atoms with Gasteiger partial charge in [-0.3, -0.25) is 4.79 Å². The molecule has 1 aliphatic carbocycles. The highest BCUT2D eigenvalue weighted by Gasteiger charge is 2.53. The largest absolute Gasteiger partial charge is 0.493 e. The number of sulfonamides is 1. The molecule has 0 unspecified atom stereocenters. The van der Waals surface area contributed by atoms with Crippen LogP contribution in [0.15, 0.2) is 34.2 Å². The van der Waals surface area contributed by atoms with Gasteiger partial charge in [0.25, 0.3) is 0 Å². The minimum atomic E-state index is -3.56. The standard InChI is InChI=1S/C21H26N2O5S/c1-27-14-21(6-7-21)20(24)22-10-16-12-23(13-17(16)11-22)29(25,26)18-4-5-19-15(9-18)3-2-8-28-19/h4-5,9H,2-3,6-8,10-14H2,1H3. The summed E-state index contributed by atoms with van der Waals surface area (Å²) in [6.45, 7) is 2.95. The van der Waals surface area contributed by atoms with Gasteiger partial charge in [0.1, 0.15) is 5.75 Å². The van der Waals surface area contributed by atoms with Crippen LogP contribution in [0, 0.1) is 5.41 Å². The number of carbonyl (C=O) groups excluding carboxylic acids is 1. The first-order chi connectivity index (χ1) is 13.9. The molecule has 0 atom stereocenters. The highest BCUT2D eigenvalue weighted by atomic mass is 32.2. The molecule has 0 N–H and O–H groups in total. The zero-order chi connectivity index (χ0) is 20.2. The van der Waals surface area contributed by atoms with E-state index in [-0.39, 0.29) is 11.3 Å². The van der Waals surface area contributed by atoms with Crippen LogP contribution >= 0.6 is 0 Å². The predicted molar refractivity (Wildman–Crippen MR) is 106 cm³/mol. The molecule has 8 heteroatoms. The molecule has 1 aromatic carbocycles. The van der Waals surface area contributed by atoms with E-state index in [1.54, 1.807) is 25.3 Å². The van der Waals surface area contributed by atoms with Gasteiger partial charge in [0.2, 0.25) is 15.9 Å². The average Bonchev–Trinajstić information content (AvgIpc) is 3.21. The second kappa shape index (κ2) is 6.82. The number of methoxy groups -OCH3 is 1. The summed E-state index contributed by atoms with van der Waals surface area (Å²) in [5.74, 6) is 0.939. The fourth-order valence-corrected chi connectivity index (χ4v) is 6.17. The first kappa shape index (κ1) is 19.1. The van der Waals surface area contributed by atoms with Gasteiger partial charge in [0, 0.05) is 33.3 Å².